The second kappa shape index (κ2) is 4.91. The van der Waals surface area contributed by atoms with Crippen molar-refractivity contribution in [1.29, 1.82) is 0 Å². The summed E-state index contributed by atoms with van der Waals surface area (Å²) in [6, 6.07) is 8.38. The van der Waals surface area contributed by atoms with Gasteiger partial charge in [0, 0.05) is 23.1 Å². The summed E-state index contributed by atoms with van der Waals surface area (Å²) < 4.78 is 31.2. The van der Waals surface area contributed by atoms with Crippen molar-refractivity contribution in [1.82, 2.24) is 0 Å². The Kier molecular flexibility index (Phi) is 3.32. The zero-order valence-electron chi connectivity index (χ0n) is 9.71. The van der Waals surface area contributed by atoms with Crippen molar-refractivity contribution in [3.05, 3.63) is 48.0 Å². The average Bonchev–Trinajstić information content (AvgIpc) is 2.30. The van der Waals surface area contributed by atoms with E-state index in [0.717, 1.165) is 0 Å². The van der Waals surface area contributed by atoms with Gasteiger partial charge in [-0.2, -0.15) is 0 Å². The predicted molar refractivity (Wildman–Crippen MR) is 67.0 cm³/mol. The molecule has 2 aromatic carbocycles. The number of hydrogen-bond donors (Lipinski definition) is 2. The molecule has 0 radical (unpaired) electrons. The summed E-state index contributed by atoms with van der Waals surface area (Å²) in [5.41, 5.74) is 6.91. The smallest absolute Gasteiger partial charge is 0.165 e. The summed E-state index contributed by atoms with van der Waals surface area (Å²) in [5.74, 6) is -0.780. The molecule has 2 aromatic rings. The maximum atomic E-state index is 13.2. The second-order valence-electron chi connectivity index (χ2n) is 3.75. The van der Waals surface area contributed by atoms with Gasteiger partial charge in [0.25, 0.3) is 0 Å². The number of nitrogens with one attached hydrogen (secondary N) is 1. The standard InChI is InChI=1S/C13H12F2N2O/c1-18-13-7-10(2-3-12(13)15)17-11-5-8(14)4-9(16)6-11/h2-7,17H,16H2,1H3. The number of anilines is 3. The van der Waals surface area contributed by atoms with Crippen LogP contribution in [0.2, 0.25) is 0 Å². The molecule has 2 rings (SSSR count). The molecule has 0 aliphatic rings. The molecule has 0 saturated heterocycles. The molecule has 0 fully saturated rings. The Bertz CT molecular complexity index is 553. The van der Waals surface area contributed by atoms with E-state index in [0.29, 0.717) is 17.1 Å². The highest BCUT2D eigenvalue weighted by Gasteiger charge is 2.04. The van der Waals surface area contributed by atoms with Gasteiger partial charge >= 0.3 is 0 Å². The largest absolute Gasteiger partial charge is 0.494 e. The fraction of sp³-hybridized carbons (Fsp3) is 0.0769. The van der Waals surface area contributed by atoms with Crippen LogP contribution >= 0.6 is 0 Å². The Hall–Kier alpha value is -2.30. The van der Waals surface area contributed by atoms with E-state index in [1.165, 1.54) is 37.4 Å². The molecule has 0 unspecified atom stereocenters. The van der Waals surface area contributed by atoms with E-state index in [9.17, 15) is 8.78 Å². The molecule has 3 N–H and O–H groups in total. The highest BCUT2D eigenvalue weighted by Crippen LogP contribution is 2.25. The molecular formula is C13H12F2N2O. The number of halogens is 2. The molecular weight excluding hydrogens is 238 g/mol. The van der Waals surface area contributed by atoms with Crippen molar-refractivity contribution >= 4 is 17.1 Å². The van der Waals surface area contributed by atoms with E-state index in [1.807, 2.05) is 0 Å². The van der Waals surface area contributed by atoms with E-state index in [2.05, 4.69) is 5.32 Å². The molecule has 0 spiro atoms. The number of ether oxygens (including phenoxy) is 1. The zero-order valence-corrected chi connectivity index (χ0v) is 9.71. The van der Waals surface area contributed by atoms with Crippen LogP contribution in [0.5, 0.6) is 5.75 Å². The number of nitrogens with two attached hydrogens (primary N) is 1. The lowest BCUT2D eigenvalue weighted by atomic mass is 10.2. The topological polar surface area (TPSA) is 47.3 Å². The molecule has 0 aliphatic heterocycles. The van der Waals surface area contributed by atoms with E-state index < -0.39 is 11.6 Å². The van der Waals surface area contributed by atoms with Crippen molar-refractivity contribution in [2.24, 2.45) is 0 Å². The summed E-state index contributed by atoms with van der Waals surface area (Å²) in [7, 11) is 1.38. The molecule has 3 nitrogen and oxygen atoms in total. The van der Waals surface area contributed by atoms with Gasteiger partial charge in [-0.25, -0.2) is 8.78 Å². The summed E-state index contributed by atoms with van der Waals surface area (Å²) in [6.07, 6.45) is 0. The minimum atomic E-state index is -0.457. The average molecular weight is 250 g/mol. The number of nitrogen functional groups attached to an aromatic ring is 1. The van der Waals surface area contributed by atoms with Gasteiger partial charge in [-0.3, -0.25) is 0 Å². The van der Waals surface area contributed by atoms with Gasteiger partial charge in [0.2, 0.25) is 0 Å². The molecule has 18 heavy (non-hydrogen) atoms. The van der Waals surface area contributed by atoms with Gasteiger partial charge in [-0.1, -0.05) is 0 Å². The number of rotatable bonds is 3. The van der Waals surface area contributed by atoms with Crippen molar-refractivity contribution in [2.75, 3.05) is 18.2 Å². The zero-order chi connectivity index (χ0) is 13.1. The van der Waals surface area contributed by atoms with Crippen LogP contribution in [0, 0.1) is 11.6 Å². The quantitative estimate of drug-likeness (QED) is 0.822. The Balaban J connectivity index is 2.28. The van der Waals surface area contributed by atoms with Gasteiger partial charge in [0.15, 0.2) is 11.6 Å². The Morgan fingerprint density at radius 1 is 1.06 bits per heavy atom. The maximum Gasteiger partial charge on any atom is 0.165 e. The predicted octanol–water partition coefficient (Wildman–Crippen LogP) is 3.30. The lowest BCUT2D eigenvalue weighted by molar-refractivity contribution is 0.387. The van der Waals surface area contributed by atoms with E-state index in [1.54, 1.807) is 6.07 Å². The molecule has 0 aliphatic carbocycles. The normalized spacial score (nSPS) is 10.2. The highest BCUT2D eigenvalue weighted by molar-refractivity contribution is 5.64. The molecule has 0 atom stereocenters. The first kappa shape index (κ1) is 12.2. The van der Waals surface area contributed by atoms with Gasteiger partial charge in [-0.15, -0.1) is 0 Å². The summed E-state index contributed by atoms with van der Waals surface area (Å²) in [5, 5.41) is 2.92. The van der Waals surface area contributed by atoms with Gasteiger partial charge in [0.1, 0.15) is 5.82 Å². The monoisotopic (exact) mass is 250 g/mol. The van der Waals surface area contributed by atoms with Crippen molar-refractivity contribution < 1.29 is 13.5 Å². The minimum absolute atomic E-state index is 0.115. The van der Waals surface area contributed by atoms with Crippen LogP contribution in [0.15, 0.2) is 36.4 Å². The van der Waals surface area contributed by atoms with Crippen LogP contribution in [0.1, 0.15) is 0 Å². The lowest BCUT2D eigenvalue weighted by Crippen LogP contribution is -1.95. The first-order valence-corrected chi connectivity index (χ1v) is 5.25. The first-order valence-electron chi connectivity index (χ1n) is 5.25. The minimum Gasteiger partial charge on any atom is -0.494 e. The molecule has 0 saturated carbocycles. The molecule has 0 bridgehead atoms. The van der Waals surface area contributed by atoms with Gasteiger partial charge in [0.05, 0.1) is 7.11 Å². The van der Waals surface area contributed by atoms with Crippen LogP contribution in [0.25, 0.3) is 0 Å². The lowest BCUT2D eigenvalue weighted by Gasteiger charge is -2.09. The maximum absolute atomic E-state index is 13.2. The Labute approximate surface area is 103 Å². The molecule has 0 aromatic heterocycles. The first-order chi connectivity index (χ1) is 8.58. The van der Waals surface area contributed by atoms with Crippen LogP contribution in [0.3, 0.4) is 0 Å². The molecule has 94 valence electrons. The fourth-order valence-corrected chi connectivity index (χ4v) is 1.59. The third-order valence-electron chi connectivity index (χ3n) is 2.36. The van der Waals surface area contributed by atoms with Crippen LogP contribution in [-0.2, 0) is 0 Å². The van der Waals surface area contributed by atoms with Gasteiger partial charge in [-0.05, 0) is 30.3 Å². The summed E-state index contributed by atoms with van der Waals surface area (Å²) in [4.78, 5) is 0. The van der Waals surface area contributed by atoms with E-state index in [4.69, 9.17) is 10.5 Å². The van der Waals surface area contributed by atoms with Crippen LogP contribution < -0.4 is 15.8 Å². The number of hydrogen-bond acceptors (Lipinski definition) is 3. The van der Waals surface area contributed by atoms with Crippen LogP contribution in [0.4, 0.5) is 25.8 Å². The highest BCUT2D eigenvalue weighted by atomic mass is 19.1. The van der Waals surface area contributed by atoms with E-state index >= 15 is 0 Å². The Morgan fingerprint density at radius 3 is 2.50 bits per heavy atom. The van der Waals surface area contributed by atoms with Crippen molar-refractivity contribution in [3.8, 4) is 5.75 Å². The SMILES string of the molecule is COc1cc(Nc2cc(N)cc(F)c2)ccc1F. The molecule has 5 heteroatoms. The molecule has 0 heterocycles. The summed E-state index contributed by atoms with van der Waals surface area (Å²) >= 11 is 0. The van der Waals surface area contributed by atoms with E-state index in [-0.39, 0.29) is 5.75 Å². The fourth-order valence-electron chi connectivity index (χ4n) is 1.59. The van der Waals surface area contributed by atoms with Crippen molar-refractivity contribution in [2.45, 2.75) is 0 Å². The third-order valence-corrected chi connectivity index (χ3v) is 2.36. The van der Waals surface area contributed by atoms with Crippen LogP contribution in [-0.4, -0.2) is 7.11 Å². The Morgan fingerprint density at radius 2 is 1.83 bits per heavy atom. The summed E-state index contributed by atoms with van der Waals surface area (Å²) in [6.45, 7) is 0. The van der Waals surface area contributed by atoms with Crippen molar-refractivity contribution in [3.63, 3.8) is 0 Å². The second-order valence-corrected chi connectivity index (χ2v) is 3.75. The number of methoxy groups -OCH3 is 1. The van der Waals surface area contributed by atoms with Gasteiger partial charge < -0.3 is 15.8 Å². The molecule has 0 amide bonds. The third kappa shape index (κ3) is 2.68. The number of benzene rings is 2.